The number of carbonyl (C=O) groups is 3. The van der Waals surface area contributed by atoms with Crippen LogP contribution in [0.5, 0.6) is 5.75 Å². The molecule has 0 bridgehead atoms. The second-order valence-corrected chi connectivity index (χ2v) is 12.2. The molecule has 2 aliphatic rings. The quantitative estimate of drug-likeness (QED) is 0.426. The second kappa shape index (κ2) is 12.2. The number of rotatable bonds is 9. The standard InChI is InChI=1S/C29H45N3O5/c1-18(2)16-23(31-28(36)37-29(4,5)6)27(35)32(24-17-19(24)3)25(20-12-14-22(33)15-13-20)26(34)30-21-10-8-7-9-11-21/h12-15,18-19,21,23-25,33H,7-11,16-17H2,1-6H3,(H,30,34)(H,31,36). The van der Waals surface area contributed by atoms with Gasteiger partial charge in [-0.1, -0.05) is 52.2 Å². The maximum absolute atomic E-state index is 14.2. The summed E-state index contributed by atoms with van der Waals surface area (Å²) in [7, 11) is 0. The number of alkyl carbamates (subject to hydrolysis) is 1. The molecule has 37 heavy (non-hydrogen) atoms. The van der Waals surface area contributed by atoms with Gasteiger partial charge in [0.05, 0.1) is 0 Å². The first-order valence-corrected chi connectivity index (χ1v) is 13.8. The molecular weight excluding hydrogens is 470 g/mol. The number of phenolic OH excluding ortho intramolecular Hbond substituents is 1. The van der Waals surface area contributed by atoms with Crippen LogP contribution in [0.15, 0.2) is 24.3 Å². The SMILES string of the molecule is CC(C)CC(NC(=O)OC(C)(C)C)C(=O)N(C(C(=O)NC1CCCCC1)c1ccc(O)cc1)C1CC1C. The van der Waals surface area contributed by atoms with Gasteiger partial charge in [-0.2, -0.15) is 0 Å². The fraction of sp³-hybridized carbons (Fsp3) is 0.690. The molecule has 2 aliphatic carbocycles. The highest BCUT2D eigenvalue weighted by atomic mass is 16.6. The van der Waals surface area contributed by atoms with Gasteiger partial charge in [-0.25, -0.2) is 4.79 Å². The van der Waals surface area contributed by atoms with Crippen molar-refractivity contribution in [1.29, 1.82) is 0 Å². The van der Waals surface area contributed by atoms with E-state index in [1.54, 1.807) is 49.9 Å². The van der Waals surface area contributed by atoms with Gasteiger partial charge in [0.2, 0.25) is 11.8 Å². The molecule has 3 rings (SSSR count). The molecule has 3 amide bonds. The van der Waals surface area contributed by atoms with E-state index >= 15 is 0 Å². The summed E-state index contributed by atoms with van der Waals surface area (Å²) < 4.78 is 5.46. The monoisotopic (exact) mass is 515 g/mol. The summed E-state index contributed by atoms with van der Waals surface area (Å²) in [5.74, 6) is -0.0358. The summed E-state index contributed by atoms with van der Waals surface area (Å²) in [6.45, 7) is 11.4. The third-order valence-electron chi connectivity index (χ3n) is 7.06. The number of phenols is 1. The first-order valence-electron chi connectivity index (χ1n) is 13.8. The Labute approximate surface area is 221 Å². The van der Waals surface area contributed by atoms with Crippen molar-refractivity contribution in [3.8, 4) is 5.75 Å². The van der Waals surface area contributed by atoms with Crippen LogP contribution in [0, 0.1) is 11.8 Å². The molecule has 2 fully saturated rings. The summed E-state index contributed by atoms with van der Waals surface area (Å²) >= 11 is 0. The molecule has 4 unspecified atom stereocenters. The molecule has 2 saturated carbocycles. The Morgan fingerprint density at radius 2 is 1.68 bits per heavy atom. The summed E-state index contributed by atoms with van der Waals surface area (Å²) in [6, 6.07) is 4.77. The van der Waals surface area contributed by atoms with Crippen LogP contribution < -0.4 is 10.6 Å². The van der Waals surface area contributed by atoms with Crippen molar-refractivity contribution >= 4 is 17.9 Å². The number of ether oxygens (including phenoxy) is 1. The molecular formula is C29H45N3O5. The molecule has 4 atom stereocenters. The Kier molecular flexibility index (Phi) is 9.48. The van der Waals surface area contributed by atoms with Gasteiger partial charge in [0.15, 0.2) is 0 Å². The van der Waals surface area contributed by atoms with Crippen LogP contribution in [-0.4, -0.2) is 51.6 Å². The highest BCUT2D eigenvalue weighted by molar-refractivity contribution is 5.92. The maximum Gasteiger partial charge on any atom is 0.408 e. The van der Waals surface area contributed by atoms with Crippen molar-refractivity contribution in [2.75, 3.05) is 0 Å². The van der Waals surface area contributed by atoms with Crippen molar-refractivity contribution in [2.24, 2.45) is 11.8 Å². The smallest absolute Gasteiger partial charge is 0.408 e. The van der Waals surface area contributed by atoms with Crippen LogP contribution in [0.3, 0.4) is 0 Å². The van der Waals surface area contributed by atoms with E-state index < -0.39 is 23.8 Å². The minimum Gasteiger partial charge on any atom is -0.508 e. The zero-order chi connectivity index (χ0) is 27.3. The predicted octanol–water partition coefficient (Wildman–Crippen LogP) is 5.06. The van der Waals surface area contributed by atoms with Crippen LogP contribution in [0.2, 0.25) is 0 Å². The molecule has 0 spiro atoms. The molecule has 0 aromatic heterocycles. The highest BCUT2D eigenvalue weighted by Crippen LogP contribution is 2.41. The van der Waals surface area contributed by atoms with E-state index in [1.807, 2.05) is 13.8 Å². The third kappa shape index (κ3) is 8.37. The summed E-state index contributed by atoms with van der Waals surface area (Å²) in [5, 5.41) is 15.9. The zero-order valence-electron chi connectivity index (χ0n) is 23.3. The largest absolute Gasteiger partial charge is 0.508 e. The lowest BCUT2D eigenvalue weighted by molar-refractivity contribution is -0.144. The summed E-state index contributed by atoms with van der Waals surface area (Å²) in [4.78, 5) is 42.4. The van der Waals surface area contributed by atoms with Gasteiger partial charge in [0.25, 0.3) is 0 Å². The van der Waals surface area contributed by atoms with Crippen LogP contribution in [-0.2, 0) is 14.3 Å². The number of nitrogens with one attached hydrogen (secondary N) is 2. The van der Waals surface area contributed by atoms with Gasteiger partial charge < -0.3 is 25.4 Å². The number of aromatic hydroxyl groups is 1. The fourth-order valence-electron chi connectivity index (χ4n) is 5.12. The van der Waals surface area contributed by atoms with Crippen molar-refractivity contribution in [2.45, 2.75) is 116 Å². The van der Waals surface area contributed by atoms with E-state index in [9.17, 15) is 19.5 Å². The number of hydrogen-bond donors (Lipinski definition) is 3. The summed E-state index contributed by atoms with van der Waals surface area (Å²) in [5.41, 5.74) is -0.0617. The zero-order valence-corrected chi connectivity index (χ0v) is 23.3. The number of benzene rings is 1. The van der Waals surface area contributed by atoms with Crippen LogP contribution in [0.25, 0.3) is 0 Å². The van der Waals surface area contributed by atoms with Gasteiger partial charge in [-0.15, -0.1) is 0 Å². The van der Waals surface area contributed by atoms with E-state index in [2.05, 4.69) is 17.6 Å². The first kappa shape index (κ1) is 28.8. The Hall–Kier alpha value is -2.77. The Morgan fingerprint density at radius 1 is 1.08 bits per heavy atom. The average molecular weight is 516 g/mol. The van der Waals surface area contributed by atoms with E-state index in [1.165, 1.54) is 6.42 Å². The molecule has 0 heterocycles. The van der Waals surface area contributed by atoms with Crippen molar-refractivity contribution < 1.29 is 24.2 Å². The third-order valence-corrected chi connectivity index (χ3v) is 7.06. The number of hydrogen-bond acceptors (Lipinski definition) is 5. The number of amides is 3. The van der Waals surface area contributed by atoms with E-state index in [0.29, 0.717) is 12.0 Å². The highest BCUT2D eigenvalue weighted by Gasteiger charge is 2.48. The van der Waals surface area contributed by atoms with E-state index in [0.717, 1.165) is 32.1 Å². The van der Waals surface area contributed by atoms with Gasteiger partial charge in [-0.3, -0.25) is 9.59 Å². The van der Waals surface area contributed by atoms with Crippen molar-refractivity contribution in [3.05, 3.63) is 29.8 Å². The minimum atomic E-state index is -0.861. The molecule has 1 aromatic carbocycles. The lowest BCUT2D eigenvalue weighted by Crippen LogP contribution is -2.55. The number of nitrogens with zero attached hydrogens (tertiary/aromatic N) is 1. The Bertz CT molecular complexity index is 934. The topological polar surface area (TPSA) is 108 Å². The Balaban J connectivity index is 1.95. The average Bonchev–Trinajstić information content (AvgIpc) is 3.52. The molecule has 0 aliphatic heterocycles. The summed E-state index contributed by atoms with van der Waals surface area (Å²) in [6.07, 6.45) is 5.74. The van der Waals surface area contributed by atoms with Crippen molar-refractivity contribution in [3.63, 3.8) is 0 Å². The molecule has 3 N–H and O–H groups in total. The normalized spacial score (nSPS) is 21.6. The van der Waals surface area contributed by atoms with Crippen LogP contribution in [0.4, 0.5) is 4.79 Å². The maximum atomic E-state index is 14.2. The van der Waals surface area contributed by atoms with Crippen LogP contribution >= 0.6 is 0 Å². The van der Waals surface area contributed by atoms with Gasteiger partial charge in [0.1, 0.15) is 23.4 Å². The number of carbonyl (C=O) groups excluding carboxylic acids is 3. The molecule has 8 nitrogen and oxygen atoms in total. The fourth-order valence-corrected chi connectivity index (χ4v) is 5.12. The molecule has 1 aromatic rings. The molecule has 0 radical (unpaired) electrons. The first-order chi connectivity index (χ1) is 17.4. The van der Waals surface area contributed by atoms with E-state index in [-0.39, 0.29) is 41.5 Å². The lowest BCUT2D eigenvalue weighted by atomic mass is 9.94. The Morgan fingerprint density at radius 3 is 2.19 bits per heavy atom. The molecule has 0 saturated heterocycles. The minimum absolute atomic E-state index is 0.0841. The molecule has 206 valence electrons. The van der Waals surface area contributed by atoms with Crippen LogP contribution in [0.1, 0.15) is 98.1 Å². The van der Waals surface area contributed by atoms with Gasteiger partial charge >= 0.3 is 6.09 Å². The van der Waals surface area contributed by atoms with Gasteiger partial charge in [-0.05, 0) is 76.0 Å². The van der Waals surface area contributed by atoms with Gasteiger partial charge in [0, 0.05) is 12.1 Å². The van der Waals surface area contributed by atoms with Crippen molar-refractivity contribution in [1.82, 2.24) is 15.5 Å². The molecule has 8 heteroatoms. The van der Waals surface area contributed by atoms with E-state index in [4.69, 9.17) is 4.74 Å². The second-order valence-electron chi connectivity index (χ2n) is 12.2. The predicted molar refractivity (Wildman–Crippen MR) is 143 cm³/mol. The lowest BCUT2D eigenvalue weighted by Gasteiger charge is -2.36.